The number of methoxy groups -OCH3 is 1. The van der Waals surface area contributed by atoms with Crippen molar-refractivity contribution in [1.82, 2.24) is 3.97 Å². The lowest BCUT2D eigenvalue weighted by molar-refractivity contribution is 0.414. The van der Waals surface area contributed by atoms with Crippen molar-refractivity contribution in [3.8, 4) is 16.9 Å². The SMILES string of the molecule is COc1ccc2c(c1)Cc1cn(S(=O)(=O)c3ccc(C)cc3)cc1-2. The molecule has 0 radical (unpaired) electrons. The highest BCUT2D eigenvalue weighted by Crippen LogP contribution is 2.39. The lowest BCUT2D eigenvalue weighted by Crippen LogP contribution is -2.11. The van der Waals surface area contributed by atoms with E-state index in [4.69, 9.17) is 4.74 Å². The molecule has 4 nitrogen and oxygen atoms in total. The molecule has 5 heteroatoms. The van der Waals surface area contributed by atoms with E-state index in [0.717, 1.165) is 34.4 Å². The van der Waals surface area contributed by atoms with E-state index in [-0.39, 0.29) is 0 Å². The van der Waals surface area contributed by atoms with Gasteiger partial charge in [0, 0.05) is 24.4 Å². The first-order chi connectivity index (χ1) is 11.5. The Morgan fingerprint density at radius 2 is 1.71 bits per heavy atom. The van der Waals surface area contributed by atoms with E-state index in [1.807, 2.05) is 37.3 Å². The Morgan fingerprint density at radius 1 is 0.958 bits per heavy atom. The molecule has 1 aromatic heterocycles. The van der Waals surface area contributed by atoms with Crippen LogP contribution in [0.2, 0.25) is 0 Å². The van der Waals surface area contributed by atoms with Crippen molar-refractivity contribution < 1.29 is 13.2 Å². The number of ether oxygens (including phenoxy) is 1. The van der Waals surface area contributed by atoms with Crippen LogP contribution in [0.4, 0.5) is 0 Å². The summed E-state index contributed by atoms with van der Waals surface area (Å²) in [5.41, 5.74) is 5.27. The smallest absolute Gasteiger partial charge is 0.267 e. The second-order valence-electron chi connectivity index (χ2n) is 6.04. The monoisotopic (exact) mass is 339 g/mol. The summed E-state index contributed by atoms with van der Waals surface area (Å²) in [6.45, 7) is 1.94. The summed E-state index contributed by atoms with van der Waals surface area (Å²) < 4.78 is 32.2. The Bertz CT molecular complexity index is 1030. The van der Waals surface area contributed by atoms with Gasteiger partial charge in [-0.15, -0.1) is 0 Å². The maximum absolute atomic E-state index is 12.8. The first-order valence-corrected chi connectivity index (χ1v) is 9.13. The maximum atomic E-state index is 12.8. The quantitative estimate of drug-likeness (QED) is 0.573. The Kier molecular flexibility index (Phi) is 3.28. The van der Waals surface area contributed by atoms with Crippen molar-refractivity contribution in [3.63, 3.8) is 0 Å². The van der Waals surface area contributed by atoms with Crippen molar-refractivity contribution in [3.05, 3.63) is 71.5 Å². The molecule has 0 atom stereocenters. The summed E-state index contributed by atoms with van der Waals surface area (Å²) in [6, 6.07) is 12.8. The third-order valence-electron chi connectivity index (χ3n) is 4.47. The second-order valence-corrected chi connectivity index (χ2v) is 7.89. The van der Waals surface area contributed by atoms with Gasteiger partial charge in [-0.05, 0) is 47.9 Å². The van der Waals surface area contributed by atoms with E-state index in [1.165, 1.54) is 9.54 Å². The molecule has 0 saturated heterocycles. The lowest BCUT2D eigenvalue weighted by atomic mass is 10.1. The van der Waals surface area contributed by atoms with Gasteiger partial charge in [0.2, 0.25) is 0 Å². The molecular weight excluding hydrogens is 322 g/mol. The molecule has 3 aromatic rings. The number of nitrogens with zero attached hydrogens (tertiary/aromatic N) is 1. The molecule has 1 aliphatic rings. The Balaban J connectivity index is 1.77. The number of hydrogen-bond acceptors (Lipinski definition) is 3. The van der Waals surface area contributed by atoms with Crippen molar-refractivity contribution in [2.45, 2.75) is 18.2 Å². The highest BCUT2D eigenvalue weighted by molar-refractivity contribution is 7.90. The summed E-state index contributed by atoms with van der Waals surface area (Å²) >= 11 is 0. The molecule has 1 aliphatic carbocycles. The predicted octanol–water partition coefficient (Wildman–Crippen LogP) is 3.61. The van der Waals surface area contributed by atoms with Crippen molar-refractivity contribution >= 4 is 10.0 Å². The van der Waals surface area contributed by atoms with Gasteiger partial charge in [0.1, 0.15) is 5.75 Å². The van der Waals surface area contributed by atoms with Gasteiger partial charge in [0.15, 0.2) is 0 Å². The average molecular weight is 339 g/mol. The van der Waals surface area contributed by atoms with Gasteiger partial charge in [-0.25, -0.2) is 12.4 Å². The molecule has 24 heavy (non-hydrogen) atoms. The van der Waals surface area contributed by atoms with Crippen LogP contribution < -0.4 is 4.74 Å². The third kappa shape index (κ3) is 2.24. The molecule has 0 spiro atoms. The van der Waals surface area contributed by atoms with E-state index < -0.39 is 10.0 Å². The van der Waals surface area contributed by atoms with Crippen LogP contribution in [-0.4, -0.2) is 19.5 Å². The van der Waals surface area contributed by atoms with Gasteiger partial charge in [0.25, 0.3) is 10.0 Å². The first-order valence-electron chi connectivity index (χ1n) is 7.69. The number of hydrogen-bond donors (Lipinski definition) is 0. The normalized spacial score (nSPS) is 12.8. The largest absolute Gasteiger partial charge is 0.497 e. The Hall–Kier alpha value is -2.53. The fourth-order valence-corrected chi connectivity index (χ4v) is 4.37. The molecular formula is C19H17NO3S. The third-order valence-corrected chi connectivity index (χ3v) is 6.10. The summed E-state index contributed by atoms with van der Waals surface area (Å²) in [7, 11) is -1.91. The number of aromatic nitrogens is 1. The van der Waals surface area contributed by atoms with Crippen LogP contribution in [0.15, 0.2) is 59.8 Å². The van der Waals surface area contributed by atoms with E-state index in [2.05, 4.69) is 0 Å². The summed E-state index contributed by atoms with van der Waals surface area (Å²) in [5, 5.41) is 0. The van der Waals surface area contributed by atoms with Crippen molar-refractivity contribution in [1.29, 1.82) is 0 Å². The molecule has 1 heterocycles. The molecule has 122 valence electrons. The number of benzene rings is 2. The summed E-state index contributed by atoms with van der Waals surface area (Å²) in [4.78, 5) is 0.303. The van der Waals surface area contributed by atoms with Gasteiger partial charge in [-0.1, -0.05) is 23.8 Å². The summed E-state index contributed by atoms with van der Waals surface area (Å²) in [5.74, 6) is 0.819. The topological polar surface area (TPSA) is 48.3 Å². The summed E-state index contributed by atoms with van der Waals surface area (Å²) in [6.07, 6.45) is 4.15. The standard InChI is InChI=1S/C19H17NO3S/c1-13-3-6-17(7-4-13)24(21,22)20-11-15-9-14-10-16(23-2)5-8-18(14)19(15)12-20/h3-8,10-12H,9H2,1-2H3. The number of aryl methyl sites for hydroxylation is 1. The molecule has 0 saturated carbocycles. The van der Waals surface area contributed by atoms with E-state index in [9.17, 15) is 8.42 Å². The maximum Gasteiger partial charge on any atom is 0.267 e. The zero-order chi connectivity index (χ0) is 16.9. The second kappa shape index (κ2) is 5.24. The van der Waals surface area contributed by atoms with Crippen LogP contribution in [0.25, 0.3) is 11.1 Å². The zero-order valence-electron chi connectivity index (χ0n) is 13.5. The molecule has 4 rings (SSSR count). The van der Waals surface area contributed by atoms with E-state index in [1.54, 1.807) is 31.6 Å². The van der Waals surface area contributed by atoms with Gasteiger partial charge >= 0.3 is 0 Å². The van der Waals surface area contributed by atoms with Crippen LogP contribution in [0.5, 0.6) is 5.75 Å². The van der Waals surface area contributed by atoms with Crippen molar-refractivity contribution in [2.75, 3.05) is 7.11 Å². The molecule has 0 N–H and O–H groups in total. The molecule has 0 fully saturated rings. The molecule has 0 amide bonds. The minimum atomic E-state index is -3.56. The highest BCUT2D eigenvalue weighted by atomic mass is 32.2. The minimum absolute atomic E-state index is 0.303. The van der Waals surface area contributed by atoms with Crippen LogP contribution in [0, 0.1) is 6.92 Å². The van der Waals surface area contributed by atoms with Crippen LogP contribution in [0.1, 0.15) is 16.7 Å². The van der Waals surface area contributed by atoms with Crippen LogP contribution in [-0.2, 0) is 16.4 Å². The predicted molar refractivity (Wildman–Crippen MR) is 93.0 cm³/mol. The highest BCUT2D eigenvalue weighted by Gasteiger charge is 2.25. The van der Waals surface area contributed by atoms with E-state index >= 15 is 0 Å². The Morgan fingerprint density at radius 3 is 2.42 bits per heavy atom. The van der Waals surface area contributed by atoms with Crippen LogP contribution >= 0.6 is 0 Å². The molecule has 0 bridgehead atoms. The minimum Gasteiger partial charge on any atom is -0.497 e. The lowest BCUT2D eigenvalue weighted by Gasteiger charge is -2.07. The first kappa shape index (κ1) is 15.0. The Labute approximate surface area is 141 Å². The van der Waals surface area contributed by atoms with Gasteiger partial charge in [-0.3, -0.25) is 0 Å². The average Bonchev–Trinajstić information content (AvgIpc) is 3.12. The molecule has 0 unspecified atom stereocenters. The van der Waals surface area contributed by atoms with Crippen molar-refractivity contribution in [2.24, 2.45) is 0 Å². The van der Waals surface area contributed by atoms with E-state index in [0.29, 0.717) is 4.90 Å². The molecule has 2 aromatic carbocycles. The number of rotatable bonds is 3. The number of fused-ring (bicyclic) bond motifs is 3. The zero-order valence-corrected chi connectivity index (χ0v) is 14.3. The fraction of sp³-hybridized carbons (Fsp3) is 0.158. The van der Waals surface area contributed by atoms with Gasteiger partial charge in [-0.2, -0.15) is 0 Å². The fourth-order valence-electron chi connectivity index (χ4n) is 3.14. The molecule has 0 aliphatic heterocycles. The van der Waals surface area contributed by atoms with Gasteiger partial charge < -0.3 is 4.74 Å². The van der Waals surface area contributed by atoms with Gasteiger partial charge in [0.05, 0.1) is 12.0 Å². The van der Waals surface area contributed by atoms with Crippen LogP contribution in [0.3, 0.4) is 0 Å².